The van der Waals surface area contributed by atoms with Crippen molar-refractivity contribution in [2.24, 2.45) is 5.73 Å². The first kappa shape index (κ1) is 10.4. The Morgan fingerprint density at radius 1 is 1.06 bits per heavy atom. The van der Waals surface area contributed by atoms with Gasteiger partial charge in [0.15, 0.2) is 0 Å². The van der Waals surface area contributed by atoms with E-state index in [-0.39, 0.29) is 5.92 Å². The molecule has 3 rings (SSSR count). The molecular formula is C15H15NO. The van der Waals surface area contributed by atoms with E-state index in [2.05, 4.69) is 24.3 Å². The maximum absolute atomic E-state index is 9.56. The van der Waals surface area contributed by atoms with E-state index in [1.54, 1.807) is 6.07 Å². The number of benzene rings is 2. The van der Waals surface area contributed by atoms with E-state index in [1.807, 2.05) is 12.1 Å². The van der Waals surface area contributed by atoms with Crippen molar-refractivity contribution in [3.05, 3.63) is 64.7 Å². The lowest BCUT2D eigenvalue weighted by Crippen LogP contribution is -2.20. The van der Waals surface area contributed by atoms with Gasteiger partial charge in [0.2, 0.25) is 0 Å². The zero-order chi connectivity index (χ0) is 11.8. The summed E-state index contributed by atoms with van der Waals surface area (Å²) in [6, 6.07) is 14.0. The first-order valence-electron chi connectivity index (χ1n) is 5.89. The van der Waals surface area contributed by atoms with Gasteiger partial charge < -0.3 is 10.8 Å². The summed E-state index contributed by atoms with van der Waals surface area (Å²) in [4.78, 5) is 0. The van der Waals surface area contributed by atoms with Crippen LogP contribution in [0.5, 0.6) is 5.75 Å². The summed E-state index contributed by atoms with van der Waals surface area (Å²) in [5, 5.41) is 9.56. The van der Waals surface area contributed by atoms with Gasteiger partial charge in [-0.2, -0.15) is 0 Å². The van der Waals surface area contributed by atoms with E-state index >= 15 is 0 Å². The predicted molar refractivity (Wildman–Crippen MR) is 68.3 cm³/mol. The number of rotatable bonds is 1. The Balaban J connectivity index is 2.18. The molecular weight excluding hydrogens is 210 g/mol. The van der Waals surface area contributed by atoms with Crippen LogP contribution in [-0.4, -0.2) is 11.7 Å². The van der Waals surface area contributed by atoms with E-state index in [9.17, 15) is 5.11 Å². The molecule has 0 radical (unpaired) electrons. The minimum atomic E-state index is 0.260. The van der Waals surface area contributed by atoms with Gasteiger partial charge in [-0.05, 0) is 40.8 Å². The Morgan fingerprint density at radius 2 is 1.82 bits per heavy atom. The predicted octanol–water partition coefficient (Wildman–Crippen LogP) is 2.39. The molecule has 1 atom stereocenters. The number of fused-ring (bicyclic) bond motifs is 2. The SMILES string of the molecule is NCC1c2ccccc2Cc2cc(O)ccc21. The number of hydrogen-bond donors (Lipinski definition) is 2. The van der Waals surface area contributed by atoms with Crippen molar-refractivity contribution >= 4 is 0 Å². The van der Waals surface area contributed by atoms with Gasteiger partial charge in [-0.3, -0.25) is 0 Å². The lowest BCUT2D eigenvalue weighted by Gasteiger charge is -2.27. The highest BCUT2D eigenvalue weighted by molar-refractivity contribution is 5.51. The lowest BCUT2D eigenvalue weighted by atomic mass is 9.78. The molecule has 2 aromatic carbocycles. The fourth-order valence-corrected chi connectivity index (χ4v) is 2.75. The smallest absolute Gasteiger partial charge is 0.115 e. The van der Waals surface area contributed by atoms with Crippen molar-refractivity contribution in [1.82, 2.24) is 0 Å². The number of phenols is 1. The minimum Gasteiger partial charge on any atom is -0.508 e. The highest BCUT2D eigenvalue weighted by Gasteiger charge is 2.24. The second kappa shape index (κ2) is 3.90. The van der Waals surface area contributed by atoms with Gasteiger partial charge in [0, 0.05) is 12.5 Å². The van der Waals surface area contributed by atoms with Crippen LogP contribution in [0.2, 0.25) is 0 Å². The van der Waals surface area contributed by atoms with Gasteiger partial charge >= 0.3 is 0 Å². The Kier molecular flexibility index (Phi) is 2.37. The quantitative estimate of drug-likeness (QED) is 0.782. The Morgan fingerprint density at radius 3 is 2.65 bits per heavy atom. The molecule has 0 fully saturated rings. The van der Waals surface area contributed by atoms with Crippen LogP contribution in [0.3, 0.4) is 0 Å². The average Bonchev–Trinajstić information content (AvgIpc) is 2.35. The van der Waals surface area contributed by atoms with E-state index < -0.39 is 0 Å². The van der Waals surface area contributed by atoms with Crippen LogP contribution in [0.1, 0.15) is 28.2 Å². The highest BCUT2D eigenvalue weighted by Crippen LogP contribution is 2.37. The summed E-state index contributed by atoms with van der Waals surface area (Å²) < 4.78 is 0. The van der Waals surface area contributed by atoms with Gasteiger partial charge in [0.05, 0.1) is 0 Å². The van der Waals surface area contributed by atoms with Crippen molar-refractivity contribution in [2.45, 2.75) is 12.3 Å². The Labute approximate surface area is 101 Å². The van der Waals surface area contributed by atoms with Gasteiger partial charge in [-0.25, -0.2) is 0 Å². The standard InChI is InChI=1S/C15H15NO/c16-9-15-13-4-2-1-3-10(13)7-11-8-12(17)5-6-14(11)15/h1-6,8,15,17H,7,9,16H2. The zero-order valence-electron chi connectivity index (χ0n) is 9.56. The van der Waals surface area contributed by atoms with E-state index in [1.165, 1.54) is 22.3 Å². The van der Waals surface area contributed by atoms with Gasteiger partial charge in [0.25, 0.3) is 0 Å². The van der Waals surface area contributed by atoms with Gasteiger partial charge in [-0.15, -0.1) is 0 Å². The Hall–Kier alpha value is -1.80. The second-order valence-electron chi connectivity index (χ2n) is 4.55. The molecule has 1 aliphatic rings. The van der Waals surface area contributed by atoms with E-state index in [0.717, 1.165) is 6.42 Å². The summed E-state index contributed by atoms with van der Waals surface area (Å²) in [7, 11) is 0. The molecule has 0 saturated carbocycles. The third-order valence-electron chi connectivity index (χ3n) is 3.55. The maximum atomic E-state index is 9.56. The molecule has 3 N–H and O–H groups in total. The average molecular weight is 225 g/mol. The van der Waals surface area contributed by atoms with Crippen molar-refractivity contribution in [3.63, 3.8) is 0 Å². The summed E-state index contributed by atoms with van der Waals surface area (Å²) >= 11 is 0. The molecule has 86 valence electrons. The van der Waals surface area contributed by atoms with Crippen LogP contribution < -0.4 is 5.73 Å². The number of hydrogen-bond acceptors (Lipinski definition) is 2. The largest absolute Gasteiger partial charge is 0.508 e. The molecule has 0 bridgehead atoms. The van der Waals surface area contributed by atoms with Crippen LogP contribution in [0.15, 0.2) is 42.5 Å². The number of aromatic hydroxyl groups is 1. The topological polar surface area (TPSA) is 46.2 Å². The molecule has 0 heterocycles. The molecule has 2 nitrogen and oxygen atoms in total. The van der Waals surface area contributed by atoms with Crippen LogP contribution in [0.4, 0.5) is 0 Å². The molecule has 0 aromatic heterocycles. The number of nitrogens with two attached hydrogens (primary N) is 1. The molecule has 2 heteroatoms. The second-order valence-corrected chi connectivity index (χ2v) is 4.55. The minimum absolute atomic E-state index is 0.260. The van der Waals surface area contributed by atoms with Crippen LogP contribution >= 0.6 is 0 Å². The van der Waals surface area contributed by atoms with Crippen molar-refractivity contribution in [2.75, 3.05) is 6.54 Å². The third kappa shape index (κ3) is 1.61. The van der Waals surface area contributed by atoms with Crippen molar-refractivity contribution < 1.29 is 5.11 Å². The maximum Gasteiger partial charge on any atom is 0.115 e. The molecule has 2 aromatic rings. The van der Waals surface area contributed by atoms with Crippen LogP contribution in [0.25, 0.3) is 0 Å². The monoisotopic (exact) mass is 225 g/mol. The summed E-state index contributed by atoms with van der Waals surface area (Å²) in [6.07, 6.45) is 0.885. The lowest BCUT2D eigenvalue weighted by molar-refractivity contribution is 0.474. The van der Waals surface area contributed by atoms with Gasteiger partial charge in [-0.1, -0.05) is 30.3 Å². The normalized spacial score (nSPS) is 17.4. The molecule has 17 heavy (non-hydrogen) atoms. The highest BCUT2D eigenvalue weighted by atomic mass is 16.3. The zero-order valence-corrected chi connectivity index (χ0v) is 9.56. The first-order valence-corrected chi connectivity index (χ1v) is 5.89. The summed E-state index contributed by atoms with van der Waals surface area (Å²) in [5.41, 5.74) is 11.0. The summed E-state index contributed by atoms with van der Waals surface area (Å²) in [6.45, 7) is 0.606. The molecule has 1 aliphatic carbocycles. The summed E-state index contributed by atoms with van der Waals surface area (Å²) in [5.74, 6) is 0.592. The van der Waals surface area contributed by atoms with Gasteiger partial charge in [0.1, 0.15) is 5.75 Å². The van der Waals surface area contributed by atoms with E-state index in [4.69, 9.17) is 5.73 Å². The fraction of sp³-hybridized carbons (Fsp3) is 0.200. The van der Waals surface area contributed by atoms with Crippen LogP contribution in [0, 0.1) is 0 Å². The molecule has 0 aliphatic heterocycles. The Bertz CT molecular complexity index is 563. The van der Waals surface area contributed by atoms with E-state index in [0.29, 0.717) is 12.3 Å². The van der Waals surface area contributed by atoms with Crippen molar-refractivity contribution in [3.8, 4) is 5.75 Å². The fourth-order valence-electron chi connectivity index (χ4n) is 2.75. The molecule has 0 saturated heterocycles. The third-order valence-corrected chi connectivity index (χ3v) is 3.55. The first-order chi connectivity index (χ1) is 8.29. The van der Waals surface area contributed by atoms with Crippen molar-refractivity contribution in [1.29, 1.82) is 0 Å². The number of phenolic OH excluding ortho intramolecular Hbond substituents is 1. The molecule has 0 amide bonds. The molecule has 0 spiro atoms. The molecule has 1 unspecified atom stereocenters. The van der Waals surface area contributed by atoms with Crippen LogP contribution in [-0.2, 0) is 6.42 Å².